The molecular formula is C53H35N3. The van der Waals surface area contributed by atoms with E-state index in [4.69, 9.17) is 4.98 Å². The van der Waals surface area contributed by atoms with Gasteiger partial charge < -0.3 is 9.13 Å². The number of hydrogen-bond acceptors (Lipinski definition) is 1. The summed E-state index contributed by atoms with van der Waals surface area (Å²) >= 11 is 0. The number of hydrogen-bond donors (Lipinski definition) is 0. The molecule has 11 aromatic rings. The van der Waals surface area contributed by atoms with Crippen LogP contribution in [0, 0.1) is 0 Å². The summed E-state index contributed by atoms with van der Waals surface area (Å²) in [5.41, 5.74) is 15.7. The fraction of sp³-hybridized carbons (Fsp3) is 0. The predicted molar refractivity (Wildman–Crippen MR) is 235 cm³/mol. The number of para-hydroxylation sites is 4. The molecule has 0 saturated heterocycles. The van der Waals surface area contributed by atoms with Gasteiger partial charge in [0.15, 0.2) is 0 Å². The van der Waals surface area contributed by atoms with Crippen LogP contribution < -0.4 is 0 Å². The average Bonchev–Trinajstić information content (AvgIpc) is 3.80. The van der Waals surface area contributed by atoms with Gasteiger partial charge in [0.2, 0.25) is 0 Å². The Morgan fingerprint density at radius 1 is 0.321 bits per heavy atom. The maximum atomic E-state index is 5.41. The first-order valence-corrected chi connectivity index (χ1v) is 19.1. The zero-order valence-electron chi connectivity index (χ0n) is 30.5. The Hall–Kier alpha value is -7.49. The molecule has 0 amide bonds. The molecule has 0 aliphatic carbocycles. The Kier molecular flexibility index (Phi) is 7.49. The summed E-state index contributed by atoms with van der Waals surface area (Å²) in [7, 11) is 0. The maximum Gasteiger partial charge on any atom is 0.0736 e. The molecule has 0 radical (unpaired) electrons. The molecule has 8 aromatic carbocycles. The molecule has 3 aromatic heterocycles. The molecule has 3 heterocycles. The lowest BCUT2D eigenvalue weighted by molar-refractivity contribution is 1.17. The van der Waals surface area contributed by atoms with Crippen molar-refractivity contribution in [1.82, 2.24) is 14.1 Å². The second-order valence-electron chi connectivity index (χ2n) is 14.3. The van der Waals surface area contributed by atoms with E-state index in [1.165, 1.54) is 43.7 Å². The molecule has 0 aliphatic heterocycles. The van der Waals surface area contributed by atoms with Crippen molar-refractivity contribution < 1.29 is 0 Å². The molecular weight excluding hydrogens is 679 g/mol. The van der Waals surface area contributed by atoms with Crippen LogP contribution in [0.5, 0.6) is 0 Å². The third-order valence-corrected chi connectivity index (χ3v) is 11.1. The van der Waals surface area contributed by atoms with E-state index in [2.05, 4.69) is 221 Å². The van der Waals surface area contributed by atoms with E-state index < -0.39 is 0 Å². The van der Waals surface area contributed by atoms with Crippen LogP contribution in [0.3, 0.4) is 0 Å². The van der Waals surface area contributed by atoms with Gasteiger partial charge in [0.05, 0.1) is 39.1 Å². The van der Waals surface area contributed by atoms with Gasteiger partial charge >= 0.3 is 0 Å². The van der Waals surface area contributed by atoms with Gasteiger partial charge in [0.25, 0.3) is 0 Å². The Balaban J connectivity index is 1.16. The summed E-state index contributed by atoms with van der Waals surface area (Å²) in [6.45, 7) is 0. The predicted octanol–water partition coefficient (Wildman–Crippen LogP) is 13.9. The third kappa shape index (κ3) is 5.17. The van der Waals surface area contributed by atoms with E-state index >= 15 is 0 Å². The van der Waals surface area contributed by atoms with Crippen LogP contribution in [-0.2, 0) is 0 Å². The lowest BCUT2D eigenvalue weighted by atomic mass is 9.97. The molecule has 0 unspecified atom stereocenters. The Morgan fingerprint density at radius 2 is 0.857 bits per heavy atom. The number of rotatable bonds is 6. The minimum absolute atomic E-state index is 0.925. The number of aromatic nitrogens is 3. The quantitative estimate of drug-likeness (QED) is 0.168. The third-order valence-electron chi connectivity index (χ3n) is 11.1. The van der Waals surface area contributed by atoms with Crippen molar-refractivity contribution in [3.63, 3.8) is 0 Å². The van der Waals surface area contributed by atoms with E-state index in [-0.39, 0.29) is 0 Å². The number of nitrogens with zero attached hydrogens (tertiary/aromatic N) is 3. The molecule has 0 bridgehead atoms. The van der Waals surface area contributed by atoms with E-state index in [9.17, 15) is 0 Å². The van der Waals surface area contributed by atoms with E-state index in [0.717, 1.165) is 56.0 Å². The van der Waals surface area contributed by atoms with Crippen molar-refractivity contribution in [2.45, 2.75) is 0 Å². The lowest BCUT2D eigenvalue weighted by Crippen LogP contribution is -1.99. The fourth-order valence-electron chi connectivity index (χ4n) is 8.58. The smallest absolute Gasteiger partial charge is 0.0736 e. The topological polar surface area (TPSA) is 22.8 Å². The second kappa shape index (κ2) is 13.1. The van der Waals surface area contributed by atoms with Crippen LogP contribution in [-0.4, -0.2) is 14.1 Å². The Bertz CT molecular complexity index is 3210. The molecule has 0 spiro atoms. The van der Waals surface area contributed by atoms with Crippen LogP contribution in [0.25, 0.3) is 99.8 Å². The summed E-state index contributed by atoms with van der Waals surface area (Å²) in [6.07, 6.45) is 0. The molecule has 0 atom stereocenters. The average molecular weight is 714 g/mol. The number of pyridine rings is 1. The largest absolute Gasteiger partial charge is 0.309 e. The van der Waals surface area contributed by atoms with Gasteiger partial charge in [-0.2, -0.15) is 0 Å². The van der Waals surface area contributed by atoms with E-state index in [0.29, 0.717) is 0 Å². The summed E-state index contributed by atoms with van der Waals surface area (Å²) in [5, 5.41) is 4.94. The standard InChI is InChI=1S/C53H35N3/c1-4-16-36(17-5-1)37-28-30-38(31-29-37)40-34-46(39-18-6-2-7-19-39)54-47(35-40)44-23-11-14-26-49(44)56-50-27-15-12-24-45(50)52-51(56)33-32-43-42-22-10-13-25-48(42)55(53(43)52)41-20-8-3-9-21-41/h1-35H. The van der Waals surface area contributed by atoms with Crippen LogP contribution >= 0.6 is 0 Å². The molecule has 3 nitrogen and oxygen atoms in total. The first kappa shape index (κ1) is 32.0. The van der Waals surface area contributed by atoms with E-state index in [1.54, 1.807) is 0 Å². The maximum absolute atomic E-state index is 5.41. The van der Waals surface area contributed by atoms with Gasteiger partial charge in [-0.05, 0) is 70.8 Å². The number of fused-ring (bicyclic) bond motifs is 7. The summed E-state index contributed by atoms with van der Waals surface area (Å²) < 4.78 is 4.88. The van der Waals surface area contributed by atoms with Gasteiger partial charge in [-0.15, -0.1) is 0 Å². The molecule has 0 fully saturated rings. The van der Waals surface area contributed by atoms with Crippen LogP contribution in [0.4, 0.5) is 0 Å². The van der Waals surface area contributed by atoms with Crippen molar-refractivity contribution in [3.8, 4) is 56.1 Å². The first-order valence-electron chi connectivity index (χ1n) is 19.1. The minimum Gasteiger partial charge on any atom is -0.309 e. The lowest BCUT2D eigenvalue weighted by Gasteiger charge is -2.16. The van der Waals surface area contributed by atoms with Crippen molar-refractivity contribution >= 4 is 43.6 Å². The Labute approximate surface area is 325 Å². The highest BCUT2D eigenvalue weighted by Crippen LogP contribution is 2.43. The molecule has 3 heteroatoms. The van der Waals surface area contributed by atoms with Crippen molar-refractivity contribution in [2.75, 3.05) is 0 Å². The zero-order valence-corrected chi connectivity index (χ0v) is 30.5. The minimum atomic E-state index is 0.925. The van der Waals surface area contributed by atoms with Gasteiger partial charge in [0, 0.05) is 38.4 Å². The monoisotopic (exact) mass is 713 g/mol. The molecule has 0 N–H and O–H groups in total. The molecule has 0 saturated carbocycles. The van der Waals surface area contributed by atoms with Crippen molar-refractivity contribution in [2.24, 2.45) is 0 Å². The highest BCUT2D eigenvalue weighted by atomic mass is 15.0. The molecule has 0 aliphatic rings. The molecule has 56 heavy (non-hydrogen) atoms. The fourth-order valence-corrected chi connectivity index (χ4v) is 8.58. The molecule has 11 rings (SSSR count). The summed E-state index contributed by atoms with van der Waals surface area (Å²) in [4.78, 5) is 5.41. The highest BCUT2D eigenvalue weighted by Gasteiger charge is 2.22. The van der Waals surface area contributed by atoms with Gasteiger partial charge in [0.1, 0.15) is 0 Å². The highest BCUT2D eigenvalue weighted by molar-refractivity contribution is 6.26. The first-order chi connectivity index (χ1) is 27.8. The van der Waals surface area contributed by atoms with Crippen LogP contribution in [0.2, 0.25) is 0 Å². The van der Waals surface area contributed by atoms with Crippen molar-refractivity contribution in [1.29, 1.82) is 0 Å². The van der Waals surface area contributed by atoms with Crippen LogP contribution in [0.1, 0.15) is 0 Å². The SMILES string of the molecule is c1ccc(-c2ccc(-c3cc(-c4ccccc4)nc(-c4ccccc4-n4c5ccccc5c5c4ccc4c6ccccc6n(-c6ccccc6)c45)c3)cc2)cc1. The summed E-state index contributed by atoms with van der Waals surface area (Å²) in [6, 6.07) is 76.1. The second-order valence-corrected chi connectivity index (χ2v) is 14.3. The van der Waals surface area contributed by atoms with E-state index in [1.807, 2.05) is 0 Å². The van der Waals surface area contributed by atoms with Gasteiger partial charge in [-0.3, -0.25) is 0 Å². The Morgan fingerprint density at radius 3 is 1.59 bits per heavy atom. The normalized spacial score (nSPS) is 11.6. The molecule has 262 valence electrons. The van der Waals surface area contributed by atoms with Crippen LogP contribution in [0.15, 0.2) is 212 Å². The van der Waals surface area contributed by atoms with Gasteiger partial charge in [-0.1, -0.05) is 164 Å². The van der Waals surface area contributed by atoms with Gasteiger partial charge in [-0.25, -0.2) is 4.98 Å². The van der Waals surface area contributed by atoms with Crippen molar-refractivity contribution in [3.05, 3.63) is 212 Å². The summed E-state index contributed by atoms with van der Waals surface area (Å²) in [5.74, 6) is 0. The zero-order chi connectivity index (χ0) is 37.0. The number of benzene rings is 8.